The zero-order chi connectivity index (χ0) is 17.1. The monoisotopic (exact) mass is 337 g/mol. The summed E-state index contributed by atoms with van der Waals surface area (Å²) in [6.45, 7) is 3.16. The SMILES string of the molecule is NCCNc1cc2c(cc1C1CCOCC1)CCc1ccccc1N2. The minimum Gasteiger partial charge on any atom is -0.383 e. The van der Waals surface area contributed by atoms with Crippen molar-refractivity contribution in [3.63, 3.8) is 0 Å². The van der Waals surface area contributed by atoms with Gasteiger partial charge in [0.15, 0.2) is 0 Å². The first kappa shape index (κ1) is 16.4. The predicted octanol–water partition coefficient (Wildman–Crippen LogP) is 3.79. The molecule has 4 N–H and O–H groups in total. The Morgan fingerprint density at radius 1 is 1.04 bits per heavy atom. The van der Waals surface area contributed by atoms with Crippen molar-refractivity contribution >= 4 is 17.1 Å². The van der Waals surface area contributed by atoms with Gasteiger partial charge in [-0.2, -0.15) is 0 Å². The molecule has 2 aromatic carbocycles. The Kier molecular flexibility index (Phi) is 4.90. The van der Waals surface area contributed by atoms with Gasteiger partial charge in [-0.05, 0) is 60.4 Å². The first-order valence-electron chi connectivity index (χ1n) is 9.38. The molecule has 0 bridgehead atoms. The quantitative estimate of drug-likeness (QED) is 0.794. The molecule has 0 aliphatic carbocycles. The van der Waals surface area contributed by atoms with Gasteiger partial charge >= 0.3 is 0 Å². The highest BCUT2D eigenvalue weighted by atomic mass is 16.5. The average molecular weight is 337 g/mol. The van der Waals surface area contributed by atoms with Crippen LogP contribution in [0.25, 0.3) is 0 Å². The number of nitrogens with two attached hydrogens (primary N) is 1. The van der Waals surface area contributed by atoms with Crippen molar-refractivity contribution in [1.82, 2.24) is 0 Å². The van der Waals surface area contributed by atoms with Crippen molar-refractivity contribution in [3.8, 4) is 0 Å². The molecule has 0 amide bonds. The fourth-order valence-corrected chi connectivity index (χ4v) is 3.97. The highest BCUT2D eigenvalue weighted by molar-refractivity contribution is 5.74. The lowest BCUT2D eigenvalue weighted by atomic mass is 9.88. The van der Waals surface area contributed by atoms with Crippen LogP contribution in [0.15, 0.2) is 36.4 Å². The van der Waals surface area contributed by atoms with E-state index in [-0.39, 0.29) is 0 Å². The Labute approximate surface area is 149 Å². The van der Waals surface area contributed by atoms with Crippen LogP contribution < -0.4 is 16.4 Å². The highest BCUT2D eigenvalue weighted by Gasteiger charge is 2.22. The Hall–Kier alpha value is -2.04. The van der Waals surface area contributed by atoms with Crippen LogP contribution in [0.1, 0.15) is 35.4 Å². The molecule has 4 nitrogen and oxygen atoms in total. The number of hydrogen-bond acceptors (Lipinski definition) is 4. The van der Waals surface area contributed by atoms with Crippen molar-refractivity contribution in [2.24, 2.45) is 5.73 Å². The van der Waals surface area contributed by atoms with Crippen LogP contribution in [0, 0.1) is 0 Å². The summed E-state index contributed by atoms with van der Waals surface area (Å²) in [5, 5.41) is 7.20. The van der Waals surface area contributed by atoms with Gasteiger partial charge in [0.1, 0.15) is 0 Å². The standard InChI is InChI=1S/C21H27N3O/c22-9-10-23-21-14-20-17(13-18(21)15-7-11-25-12-8-15)6-5-16-3-1-2-4-19(16)24-20/h1-4,13-15,23-24H,5-12,22H2. The summed E-state index contributed by atoms with van der Waals surface area (Å²) in [5.41, 5.74) is 13.6. The van der Waals surface area contributed by atoms with E-state index in [4.69, 9.17) is 10.5 Å². The molecule has 0 spiro atoms. The highest BCUT2D eigenvalue weighted by Crippen LogP contribution is 2.39. The van der Waals surface area contributed by atoms with E-state index in [2.05, 4.69) is 47.0 Å². The average Bonchev–Trinajstić information content (AvgIpc) is 2.85. The molecule has 0 aromatic heterocycles. The van der Waals surface area contributed by atoms with E-state index in [1.54, 1.807) is 0 Å². The van der Waals surface area contributed by atoms with Gasteiger partial charge in [-0.1, -0.05) is 24.3 Å². The van der Waals surface area contributed by atoms with Gasteiger partial charge in [-0.25, -0.2) is 0 Å². The zero-order valence-corrected chi connectivity index (χ0v) is 14.7. The Bertz CT molecular complexity index is 738. The van der Waals surface area contributed by atoms with Crippen molar-refractivity contribution in [1.29, 1.82) is 0 Å². The van der Waals surface area contributed by atoms with Crippen LogP contribution in [0.2, 0.25) is 0 Å². The second-order valence-corrected chi connectivity index (χ2v) is 6.98. The van der Waals surface area contributed by atoms with Gasteiger partial charge in [-0.3, -0.25) is 0 Å². The summed E-state index contributed by atoms with van der Waals surface area (Å²) >= 11 is 0. The summed E-state index contributed by atoms with van der Waals surface area (Å²) in [6.07, 6.45) is 4.36. The normalized spacial score (nSPS) is 17.2. The molecule has 132 valence electrons. The van der Waals surface area contributed by atoms with Crippen molar-refractivity contribution < 1.29 is 4.74 Å². The number of fused-ring (bicyclic) bond motifs is 2. The lowest BCUT2D eigenvalue weighted by molar-refractivity contribution is 0.0854. The number of rotatable bonds is 4. The summed E-state index contributed by atoms with van der Waals surface area (Å²) in [4.78, 5) is 0. The second-order valence-electron chi connectivity index (χ2n) is 6.98. The van der Waals surface area contributed by atoms with Gasteiger partial charge in [0.2, 0.25) is 0 Å². The topological polar surface area (TPSA) is 59.3 Å². The molecule has 1 fully saturated rings. The molecule has 4 heteroatoms. The molecule has 2 aromatic rings. The molecular weight excluding hydrogens is 310 g/mol. The van der Waals surface area contributed by atoms with Crippen LogP contribution in [0.3, 0.4) is 0 Å². The van der Waals surface area contributed by atoms with Crippen molar-refractivity contribution in [3.05, 3.63) is 53.1 Å². The Balaban J connectivity index is 1.71. The first-order valence-corrected chi connectivity index (χ1v) is 9.38. The third kappa shape index (κ3) is 3.51. The van der Waals surface area contributed by atoms with Gasteiger partial charge in [0.25, 0.3) is 0 Å². The number of hydrogen-bond donors (Lipinski definition) is 3. The van der Waals surface area contributed by atoms with Crippen LogP contribution in [-0.4, -0.2) is 26.3 Å². The van der Waals surface area contributed by atoms with E-state index >= 15 is 0 Å². The molecule has 2 aliphatic heterocycles. The smallest absolute Gasteiger partial charge is 0.0471 e. The molecule has 0 atom stereocenters. The number of nitrogens with one attached hydrogen (secondary N) is 2. The zero-order valence-electron chi connectivity index (χ0n) is 14.7. The van der Waals surface area contributed by atoms with Crippen LogP contribution >= 0.6 is 0 Å². The number of aryl methyl sites for hydroxylation is 2. The Morgan fingerprint density at radius 2 is 1.84 bits per heavy atom. The van der Waals surface area contributed by atoms with E-state index in [1.807, 2.05) is 0 Å². The number of benzene rings is 2. The largest absolute Gasteiger partial charge is 0.383 e. The first-order chi connectivity index (χ1) is 12.3. The third-order valence-electron chi connectivity index (χ3n) is 5.35. The molecule has 4 rings (SSSR count). The fourth-order valence-electron chi connectivity index (χ4n) is 3.97. The van der Waals surface area contributed by atoms with Crippen LogP contribution in [-0.2, 0) is 17.6 Å². The van der Waals surface area contributed by atoms with Gasteiger partial charge in [0, 0.05) is 43.4 Å². The van der Waals surface area contributed by atoms with Crippen LogP contribution in [0.4, 0.5) is 17.1 Å². The maximum atomic E-state index is 5.73. The van der Waals surface area contributed by atoms with E-state index < -0.39 is 0 Å². The lowest BCUT2D eigenvalue weighted by Crippen LogP contribution is -2.18. The fraction of sp³-hybridized carbons (Fsp3) is 0.429. The minimum atomic E-state index is 0.574. The van der Waals surface area contributed by atoms with Crippen molar-refractivity contribution in [2.45, 2.75) is 31.6 Å². The van der Waals surface area contributed by atoms with E-state index in [9.17, 15) is 0 Å². The summed E-state index contributed by atoms with van der Waals surface area (Å²) in [7, 11) is 0. The maximum absolute atomic E-state index is 5.73. The number of ether oxygens (including phenoxy) is 1. The molecule has 25 heavy (non-hydrogen) atoms. The second kappa shape index (κ2) is 7.46. The molecule has 0 saturated carbocycles. The van der Waals surface area contributed by atoms with E-state index in [0.29, 0.717) is 12.5 Å². The molecular formula is C21H27N3O. The third-order valence-corrected chi connectivity index (χ3v) is 5.35. The van der Waals surface area contributed by atoms with E-state index in [0.717, 1.165) is 45.4 Å². The summed E-state index contributed by atoms with van der Waals surface area (Å²) < 4.78 is 5.56. The van der Waals surface area contributed by atoms with Gasteiger partial charge in [0.05, 0.1) is 0 Å². The Morgan fingerprint density at radius 3 is 2.68 bits per heavy atom. The summed E-state index contributed by atoms with van der Waals surface area (Å²) in [5.74, 6) is 0.574. The molecule has 0 unspecified atom stereocenters. The van der Waals surface area contributed by atoms with Crippen LogP contribution in [0.5, 0.6) is 0 Å². The van der Waals surface area contributed by atoms with E-state index in [1.165, 1.54) is 33.8 Å². The molecule has 2 heterocycles. The van der Waals surface area contributed by atoms with Crippen molar-refractivity contribution in [2.75, 3.05) is 36.9 Å². The van der Waals surface area contributed by atoms with Gasteiger partial charge in [-0.15, -0.1) is 0 Å². The number of anilines is 3. The minimum absolute atomic E-state index is 0.574. The molecule has 1 saturated heterocycles. The summed E-state index contributed by atoms with van der Waals surface area (Å²) in [6, 6.07) is 13.3. The van der Waals surface area contributed by atoms with Gasteiger partial charge < -0.3 is 21.1 Å². The molecule has 2 aliphatic rings. The maximum Gasteiger partial charge on any atom is 0.0471 e. The lowest BCUT2D eigenvalue weighted by Gasteiger charge is -2.26. The number of para-hydroxylation sites is 1. The molecule has 0 radical (unpaired) electrons. The predicted molar refractivity (Wildman–Crippen MR) is 104 cm³/mol.